The number of hydrogen-bond acceptors (Lipinski definition) is 2. The fourth-order valence-electron chi connectivity index (χ4n) is 5.43. The average molecular weight is 525 g/mol. The second kappa shape index (κ2) is 35.9. The molecule has 224 valence electrons. The van der Waals surface area contributed by atoms with Crippen molar-refractivity contribution in [2.45, 2.75) is 200 Å². The van der Waals surface area contributed by atoms with Gasteiger partial charge in [-0.15, -0.1) is 0 Å². The molecule has 0 spiro atoms. The molecule has 0 radical (unpaired) electrons. The Labute approximate surface area is 235 Å². The Morgan fingerprint density at radius 1 is 0.270 bits per heavy atom. The zero-order chi connectivity index (χ0) is 26.7. The number of rotatable bonds is 34. The molecule has 0 aliphatic carbocycles. The zero-order valence-corrected chi connectivity index (χ0v) is 26.2. The predicted octanol–water partition coefficient (Wildman–Crippen LogP) is 12.4. The highest BCUT2D eigenvalue weighted by atomic mass is 16.5. The Morgan fingerprint density at radius 3 is 0.730 bits per heavy atom. The summed E-state index contributed by atoms with van der Waals surface area (Å²) in [6.07, 6.45) is 42.5. The van der Waals surface area contributed by atoms with Crippen molar-refractivity contribution >= 4 is 0 Å². The maximum atomic E-state index is 5.85. The molecule has 0 aliphatic rings. The molecule has 0 heterocycles. The van der Waals surface area contributed by atoms with Gasteiger partial charge in [0.25, 0.3) is 0 Å². The molecule has 0 aromatic rings. The van der Waals surface area contributed by atoms with Crippen molar-refractivity contribution in [3.8, 4) is 0 Å². The Kier molecular flexibility index (Phi) is 35.8. The van der Waals surface area contributed by atoms with Gasteiger partial charge in [0.05, 0.1) is 0 Å². The van der Waals surface area contributed by atoms with Crippen LogP contribution >= 0.6 is 0 Å². The second-order valence-electron chi connectivity index (χ2n) is 11.9. The first-order valence-electron chi connectivity index (χ1n) is 17.5. The normalized spacial score (nSPS) is 11.5. The molecule has 37 heavy (non-hydrogen) atoms. The summed E-state index contributed by atoms with van der Waals surface area (Å²) in [5, 5.41) is 0. The molecule has 0 aliphatic heterocycles. The van der Waals surface area contributed by atoms with E-state index >= 15 is 0 Å². The van der Waals surface area contributed by atoms with Crippen molar-refractivity contribution < 1.29 is 9.47 Å². The molecule has 0 amide bonds. The number of unbranched alkanes of at least 4 members (excludes halogenated alkanes) is 28. The minimum Gasteiger partial charge on any atom is -0.385 e. The molecule has 0 aromatic carbocycles. The predicted molar refractivity (Wildman–Crippen MR) is 167 cm³/mol. The van der Waals surface area contributed by atoms with Gasteiger partial charge < -0.3 is 9.47 Å². The van der Waals surface area contributed by atoms with Gasteiger partial charge in [-0.3, -0.25) is 0 Å². The van der Waals surface area contributed by atoms with E-state index < -0.39 is 0 Å². The van der Waals surface area contributed by atoms with Crippen LogP contribution in [0.25, 0.3) is 0 Å². The van der Waals surface area contributed by atoms with Crippen LogP contribution in [0.5, 0.6) is 0 Å². The van der Waals surface area contributed by atoms with Gasteiger partial charge in [0.1, 0.15) is 0 Å². The van der Waals surface area contributed by atoms with Crippen molar-refractivity contribution in [2.24, 2.45) is 0 Å². The smallest absolute Gasteiger partial charge is 0.0466 e. The number of ether oxygens (including phenoxy) is 2. The van der Waals surface area contributed by atoms with Crippen LogP contribution in [0.3, 0.4) is 0 Å². The second-order valence-corrected chi connectivity index (χ2v) is 11.9. The molecule has 0 rings (SSSR count). The summed E-state index contributed by atoms with van der Waals surface area (Å²) in [7, 11) is 1.80. The zero-order valence-electron chi connectivity index (χ0n) is 26.2. The van der Waals surface area contributed by atoms with Crippen LogP contribution in [-0.2, 0) is 9.47 Å². The van der Waals surface area contributed by atoms with Crippen LogP contribution in [-0.4, -0.2) is 26.9 Å². The van der Waals surface area contributed by atoms with Crippen molar-refractivity contribution in [3.63, 3.8) is 0 Å². The maximum Gasteiger partial charge on any atom is 0.0466 e. The molecule has 2 heteroatoms. The first kappa shape index (κ1) is 36.9. The third kappa shape index (κ3) is 35.9. The van der Waals surface area contributed by atoms with E-state index in [0.717, 1.165) is 19.8 Å². The average Bonchev–Trinajstić information content (AvgIpc) is 2.91. The lowest BCUT2D eigenvalue weighted by Gasteiger charge is -2.05. The molecule has 0 atom stereocenters. The van der Waals surface area contributed by atoms with Gasteiger partial charge in [-0.05, 0) is 19.3 Å². The van der Waals surface area contributed by atoms with Crippen molar-refractivity contribution in [1.29, 1.82) is 0 Å². The number of methoxy groups -OCH3 is 1. The van der Waals surface area contributed by atoms with Gasteiger partial charge >= 0.3 is 0 Å². The van der Waals surface area contributed by atoms with Gasteiger partial charge in [0, 0.05) is 26.9 Å². The Morgan fingerprint density at radius 2 is 0.486 bits per heavy atom. The topological polar surface area (TPSA) is 18.5 Å². The lowest BCUT2D eigenvalue weighted by Crippen LogP contribution is -1.97. The molecular weight excluding hydrogens is 452 g/mol. The molecule has 0 N–H and O–H groups in total. The lowest BCUT2D eigenvalue weighted by molar-refractivity contribution is 0.125. The van der Waals surface area contributed by atoms with Gasteiger partial charge in [-0.1, -0.05) is 180 Å². The van der Waals surface area contributed by atoms with E-state index in [4.69, 9.17) is 9.47 Å². The first-order chi connectivity index (χ1) is 18.4. The molecule has 0 aromatic heterocycles. The van der Waals surface area contributed by atoms with E-state index in [0.29, 0.717) is 0 Å². The number of hydrogen-bond donors (Lipinski definition) is 0. The van der Waals surface area contributed by atoms with Crippen LogP contribution in [0, 0.1) is 0 Å². The summed E-state index contributed by atoms with van der Waals surface area (Å²) in [5.41, 5.74) is 0. The fourth-order valence-corrected chi connectivity index (χ4v) is 5.43. The third-order valence-electron chi connectivity index (χ3n) is 8.03. The largest absolute Gasteiger partial charge is 0.385 e. The summed E-state index contributed by atoms with van der Waals surface area (Å²) >= 11 is 0. The highest BCUT2D eigenvalue weighted by Crippen LogP contribution is 2.15. The van der Waals surface area contributed by atoms with E-state index in [9.17, 15) is 0 Å². The highest BCUT2D eigenvalue weighted by Gasteiger charge is 1.97. The van der Waals surface area contributed by atoms with Crippen LogP contribution in [0.2, 0.25) is 0 Å². The minimum absolute atomic E-state index is 0.932. The summed E-state index contributed by atoms with van der Waals surface area (Å²) in [4.78, 5) is 0. The summed E-state index contributed by atoms with van der Waals surface area (Å²) in [6, 6.07) is 0. The van der Waals surface area contributed by atoms with Gasteiger partial charge in [0.15, 0.2) is 0 Å². The lowest BCUT2D eigenvalue weighted by atomic mass is 10.0. The minimum atomic E-state index is 0.932. The van der Waals surface area contributed by atoms with Gasteiger partial charge in [-0.25, -0.2) is 0 Å². The van der Waals surface area contributed by atoms with Crippen molar-refractivity contribution in [2.75, 3.05) is 26.9 Å². The van der Waals surface area contributed by atoms with Crippen LogP contribution in [0.1, 0.15) is 200 Å². The summed E-state index contributed by atoms with van der Waals surface area (Å²) in [5.74, 6) is 0. The maximum absolute atomic E-state index is 5.85. The molecular formula is C35H72O2. The van der Waals surface area contributed by atoms with Crippen molar-refractivity contribution in [3.05, 3.63) is 0 Å². The monoisotopic (exact) mass is 525 g/mol. The van der Waals surface area contributed by atoms with E-state index in [-0.39, 0.29) is 0 Å². The molecule has 0 saturated carbocycles. The van der Waals surface area contributed by atoms with Crippen LogP contribution < -0.4 is 0 Å². The van der Waals surface area contributed by atoms with Crippen LogP contribution in [0.15, 0.2) is 0 Å². The standard InChI is InChI=1S/C35H72O2/c1-3-4-5-6-7-8-9-10-11-12-13-14-15-16-17-18-22-25-28-31-34-37-35-32-29-26-23-20-19-21-24-27-30-33-36-2/h3-35H2,1-2H3. The SMILES string of the molecule is CCCCCCCCCCCCCCCCCCCCCCOCCCCCCCCCCCCOC. The van der Waals surface area contributed by atoms with Crippen LogP contribution in [0.4, 0.5) is 0 Å². The van der Waals surface area contributed by atoms with Gasteiger partial charge in [-0.2, -0.15) is 0 Å². The van der Waals surface area contributed by atoms with E-state index in [2.05, 4.69) is 6.92 Å². The summed E-state index contributed by atoms with van der Waals surface area (Å²) < 4.78 is 11.0. The Bertz CT molecular complexity index is 336. The van der Waals surface area contributed by atoms with Gasteiger partial charge in [0.2, 0.25) is 0 Å². The quantitative estimate of drug-likeness (QED) is 0.0779. The fraction of sp³-hybridized carbons (Fsp3) is 1.00. The molecule has 0 bridgehead atoms. The third-order valence-corrected chi connectivity index (χ3v) is 8.03. The Hall–Kier alpha value is -0.0800. The van der Waals surface area contributed by atoms with E-state index in [1.165, 1.54) is 193 Å². The molecule has 2 nitrogen and oxygen atoms in total. The molecule has 0 unspecified atom stereocenters. The van der Waals surface area contributed by atoms with Crippen molar-refractivity contribution in [1.82, 2.24) is 0 Å². The Balaban J connectivity index is 3.00. The first-order valence-corrected chi connectivity index (χ1v) is 17.5. The highest BCUT2D eigenvalue weighted by molar-refractivity contribution is 4.52. The molecule has 0 fully saturated rings. The summed E-state index contributed by atoms with van der Waals surface area (Å²) in [6.45, 7) is 5.21. The molecule has 0 saturated heterocycles. The van der Waals surface area contributed by atoms with E-state index in [1.54, 1.807) is 7.11 Å². The van der Waals surface area contributed by atoms with E-state index in [1.807, 2.05) is 0 Å².